The van der Waals surface area contributed by atoms with Gasteiger partial charge in [0.1, 0.15) is 6.10 Å². The van der Waals surface area contributed by atoms with Crippen molar-refractivity contribution in [1.29, 1.82) is 0 Å². The van der Waals surface area contributed by atoms with Crippen LogP contribution in [0.25, 0.3) is 0 Å². The number of hydrogen-bond donors (Lipinski definition) is 3. The number of aliphatic hydroxyl groups is 1. The molecule has 0 aromatic rings. The predicted octanol–water partition coefficient (Wildman–Crippen LogP) is 0.286. The monoisotopic (exact) mass is 259 g/mol. The fourth-order valence-corrected chi connectivity index (χ4v) is 2.03. The van der Waals surface area contributed by atoms with Crippen LogP contribution >= 0.6 is 0 Å². The van der Waals surface area contributed by atoms with Crippen molar-refractivity contribution in [3.05, 3.63) is 0 Å². The van der Waals surface area contributed by atoms with E-state index in [1.807, 2.05) is 6.92 Å². The molecule has 6 heteroatoms. The normalized spacial score (nSPS) is 26.6. The summed E-state index contributed by atoms with van der Waals surface area (Å²) in [4.78, 5) is 22.4. The molecule has 6 nitrogen and oxygen atoms in total. The molecule has 0 radical (unpaired) electrons. The quantitative estimate of drug-likeness (QED) is 0.637. The highest BCUT2D eigenvalue weighted by Crippen LogP contribution is 2.20. The van der Waals surface area contributed by atoms with Gasteiger partial charge in [0.2, 0.25) is 5.91 Å². The summed E-state index contributed by atoms with van der Waals surface area (Å²) in [6.07, 6.45) is 0.554. The van der Waals surface area contributed by atoms with Crippen molar-refractivity contribution in [3.63, 3.8) is 0 Å². The smallest absolute Gasteiger partial charge is 0.332 e. The first-order chi connectivity index (χ1) is 8.35. The van der Waals surface area contributed by atoms with E-state index in [4.69, 9.17) is 9.84 Å². The molecule has 0 saturated carbocycles. The molecule has 1 heterocycles. The molecule has 3 N–H and O–H groups in total. The van der Waals surface area contributed by atoms with E-state index in [0.717, 1.165) is 6.42 Å². The minimum absolute atomic E-state index is 0.150. The van der Waals surface area contributed by atoms with E-state index in [1.54, 1.807) is 6.92 Å². The fourth-order valence-electron chi connectivity index (χ4n) is 2.03. The number of amides is 1. The lowest BCUT2D eigenvalue weighted by Gasteiger charge is -2.23. The van der Waals surface area contributed by atoms with Crippen LogP contribution in [0.1, 0.15) is 39.5 Å². The van der Waals surface area contributed by atoms with Gasteiger partial charge in [-0.05, 0) is 26.2 Å². The Hall–Kier alpha value is -1.14. The number of carboxylic acid groups (broad SMARTS) is 1. The molecule has 0 aromatic heterocycles. The van der Waals surface area contributed by atoms with Gasteiger partial charge in [-0.15, -0.1) is 0 Å². The summed E-state index contributed by atoms with van der Waals surface area (Å²) in [5, 5.41) is 21.2. The third-order valence-electron chi connectivity index (χ3n) is 3.02. The molecule has 1 saturated heterocycles. The number of hydrogen-bond acceptors (Lipinski definition) is 4. The molecule has 1 fully saturated rings. The first kappa shape index (κ1) is 14.9. The Kier molecular flexibility index (Phi) is 5.10. The summed E-state index contributed by atoms with van der Waals surface area (Å²) >= 11 is 0. The maximum atomic E-state index is 11.7. The van der Waals surface area contributed by atoms with Crippen molar-refractivity contribution < 1.29 is 24.5 Å². The van der Waals surface area contributed by atoms with Crippen molar-refractivity contribution >= 4 is 11.9 Å². The first-order valence-corrected chi connectivity index (χ1v) is 6.24. The molecule has 3 atom stereocenters. The highest BCUT2D eigenvalue weighted by molar-refractivity contribution is 5.82. The second-order valence-electron chi connectivity index (χ2n) is 4.99. The zero-order chi connectivity index (χ0) is 13.8. The van der Waals surface area contributed by atoms with E-state index in [-0.39, 0.29) is 12.5 Å². The summed E-state index contributed by atoms with van der Waals surface area (Å²) in [5.74, 6) is -1.39. The second kappa shape index (κ2) is 6.15. The highest BCUT2D eigenvalue weighted by Gasteiger charge is 2.35. The molecule has 0 aliphatic carbocycles. The Balaban J connectivity index is 2.36. The molecule has 0 bridgehead atoms. The topological polar surface area (TPSA) is 95.9 Å². The lowest BCUT2D eigenvalue weighted by molar-refractivity contribution is -0.152. The summed E-state index contributed by atoms with van der Waals surface area (Å²) in [7, 11) is 0. The van der Waals surface area contributed by atoms with Crippen molar-refractivity contribution in [1.82, 2.24) is 5.32 Å². The average Bonchev–Trinajstić information content (AvgIpc) is 2.75. The predicted molar refractivity (Wildman–Crippen MR) is 64.1 cm³/mol. The lowest BCUT2D eigenvalue weighted by atomic mass is 10.0. The van der Waals surface area contributed by atoms with Gasteiger partial charge in [-0.3, -0.25) is 4.79 Å². The average molecular weight is 259 g/mol. The maximum absolute atomic E-state index is 11.7. The zero-order valence-electron chi connectivity index (χ0n) is 10.8. The van der Waals surface area contributed by atoms with Gasteiger partial charge in [0, 0.05) is 6.54 Å². The van der Waals surface area contributed by atoms with Crippen molar-refractivity contribution in [2.45, 2.75) is 57.3 Å². The summed E-state index contributed by atoms with van der Waals surface area (Å²) < 4.78 is 5.12. The van der Waals surface area contributed by atoms with Crippen molar-refractivity contribution in [2.24, 2.45) is 0 Å². The van der Waals surface area contributed by atoms with Crippen LogP contribution in [0, 0.1) is 0 Å². The Bertz CT molecular complexity index is 316. The van der Waals surface area contributed by atoms with E-state index in [1.165, 1.54) is 0 Å². The largest absolute Gasteiger partial charge is 0.479 e. The van der Waals surface area contributed by atoms with Gasteiger partial charge in [0.05, 0.1) is 5.60 Å². The van der Waals surface area contributed by atoms with Crippen LogP contribution in [0.3, 0.4) is 0 Å². The van der Waals surface area contributed by atoms with Crippen LogP contribution < -0.4 is 5.32 Å². The second-order valence-corrected chi connectivity index (χ2v) is 4.99. The van der Waals surface area contributed by atoms with Gasteiger partial charge in [-0.2, -0.15) is 0 Å². The Morgan fingerprint density at radius 3 is 2.50 bits per heavy atom. The Morgan fingerprint density at radius 1 is 1.39 bits per heavy atom. The van der Waals surface area contributed by atoms with Crippen LogP contribution in [-0.4, -0.2) is 46.4 Å². The number of carboxylic acids is 1. The number of carbonyl (C=O) groups excluding carboxylic acids is 1. The molecule has 104 valence electrons. The third kappa shape index (κ3) is 4.27. The van der Waals surface area contributed by atoms with E-state index < -0.39 is 23.8 Å². The molecule has 18 heavy (non-hydrogen) atoms. The van der Waals surface area contributed by atoms with Gasteiger partial charge in [-0.25, -0.2) is 4.79 Å². The number of nitrogens with one attached hydrogen (secondary N) is 1. The van der Waals surface area contributed by atoms with Gasteiger partial charge in [-0.1, -0.05) is 13.3 Å². The van der Waals surface area contributed by atoms with Gasteiger partial charge in [0.15, 0.2) is 6.10 Å². The Labute approximate surface area is 106 Å². The minimum Gasteiger partial charge on any atom is -0.479 e. The van der Waals surface area contributed by atoms with Crippen LogP contribution in [0.4, 0.5) is 0 Å². The van der Waals surface area contributed by atoms with E-state index in [2.05, 4.69) is 5.32 Å². The SMILES string of the molecule is CCCC(C)(O)CNC(=O)[C@@H]1CC[C@H](C(=O)O)O1. The number of carbonyl (C=O) groups is 2. The van der Waals surface area contributed by atoms with Crippen molar-refractivity contribution in [2.75, 3.05) is 6.54 Å². The number of rotatable bonds is 6. The lowest BCUT2D eigenvalue weighted by Crippen LogP contribution is -2.44. The van der Waals surface area contributed by atoms with Crippen LogP contribution in [0.15, 0.2) is 0 Å². The molecule has 1 aliphatic rings. The van der Waals surface area contributed by atoms with Crippen LogP contribution in [-0.2, 0) is 14.3 Å². The van der Waals surface area contributed by atoms with E-state index in [9.17, 15) is 14.7 Å². The van der Waals surface area contributed by atoms with Crippen molar-refractivity contribution in [3.8, 4) is 0 Å². The minimum atomic E-state index is -1.04. The fraction of sp³-hybridized carbons (Fsp3) is 0.833. The molecule has 0 spiro atoms. The Morgan fingerprint density at radius 2 is 2.00 bits per heavy atom. The maximum Gasteiger partial charge on any atom is 0.332 e. The van der Waals surface area contributed by atoms with Gasteiger partial charge >= 0.3 is 5.97 Å². The first-order valence-electron chi connectivity index (χ1n) is 6.24. The highest BCUT2D eigenvalue weighted by atomic mass is 16.5. The standard InChI is InChI=1S/C12H21NO5/c1-3-6-12(2,17)7-13-10(14)8-4-5-9(18-8)11(15)16/h8-9,17H,3-7H2,1-2H3,(H,13,14)(H,15,16)/t8-,9+,12?/m0/s1. The molecular formula is C12H21NO5. The van der Waals surface area contributed by atoms with Gasteiger partial charge in [0.25, 0.3) is 0 Å². The molecule has 1 aliphatic heterocycles. The van der Waals surface area contributed by atoms with E-state index >= 15 is 0 Å². The molecule has 1 rings (SSSR count). The molecule has 0 aromatic carbocycles. The van der Waals surface area contributed by atoms with Crippen LogP contribution in [0.5, 0.6) is 0 Å². The third-order valence-corrected chi connectivity index (χ3v) is 3.02. The molecular weight excluding hydrogens is 238 g/mol. The number of aliphatic carboxylic acids is 1. The molecule has 1 unspecified atom stereocenters. The zero-order valence-corrected chi connectivity index (χ0v) is 10.8. The van der Waals surface area contributed by atoms with E-state index in [0.29, 0.717) is 19.3 Å². The van der Waals surface area contributed by atoms with Crippen LogP contribution in [0.2, 0.25) is 0 Å². The van der Waals surface area contributed by atoms with Gasteiger partial charge < -0.3 is 20.3 Å². The molecule has 1 amide bonds. The summed E-state index contributed by atoms with van der Waals surface area (Å²) in [6, 6.07) is 0. The number of ether oxygens (including phenoxy) is 1. The summed E-state index contributed by atoms with van der Waals surface area (Å²) in [6.45, 7) is 3.76. The summed E-state index contributed by atoms with van der Waals surface area (Å²) in [5.41, 5.74) is -0.935.